The van der Waals surface area contributed by atoms with E-state index in [-0.39, 0.29) is 30.1 Å². The van der Waals surface area contributed by atoms with Crippen LogP contribution in [-0.2, 0) is 42.1 Å². The fourth-order valence-electron chi connectivity index (χ4n) is 8.81. The first-order valence-corrected chi connectivity index (χ1v) is 18.2. The third-order valence-corrected chi connectivity index (χ3v) is 10.8. The number of piperazine rings is 1. The summed E-state index contributed by atoms with van der Waals surface area (Å²) in [4.78, 5) is 49.5. The van der Waals surface area contributed by atoms with E-state index in [9.17, 15) is 19.5 Å². The lowest BCUT2D eigenvalue weighted by Crippen LogP contribution is -3.16. The van der Waals surface area contributed by atoms with Crippen molar-refractivity contribution in [1.82, 2.24) is 20.1 Å². The van der Waals surface area contributed by atoms with E-state index in [1.165, 1.54) is 33.2 Å². The Labute approximate surface area is 279 Å². The van der Waals surface area contributed by atoms with Crippen LogP contribution < -0.4 is 10.2 Å². The SMILES string of the molecule is CS(=O)(=O)[O-].C[NH+]1CC(C(=O)NC2(C)OC3(O)C4CCCN4C(=O)C(Cc4ccccc4)N3C2=O)CC2c3cccc4[nH]cc(c34)CC21. The Morgan fingerprint density at radius 3 is 2.65 bits per heavy atom. The van der Waals surface area contributed by atoms with Gasteiger partial charge in [-0.05, 0) is 48.9 Å². The number of H-pyrrole nitrogens is 1. The van der Waals surface area contributed by atoms with Gasteiger partial charge in [0.15, 0.2) is 0 Å². The fourth-order valence-corrected chi connectivity index (χ4v) is 8.81. The van der Waals surface area contributed by atoms with E-state index in [1.54, 1.807) is 4.90 Å². The van der Waals surface area contributed by atoms with Gasteiger partial charge in [-0.2, -0.15) is 0 Å². The summed E-state index contributed by atoms with van der Waals surface area (Å²) >= 11 is 0. The zero-order valence-electron chi connectivity index (χ0n) is 27.1. The van der Waals surface area contributed by atoms with Gasteiger partial charge in [0.05, 0.1) is 35.7 Å². The zero-order valence-corrected chi connectivity index (χ0v) is 28.0. The number of nitrogens with zero attached hydrogens (tertiary/aromatic N) is 2. The predicted molar refractivity (Wildman–Crippen MR) is 172 cm³/mol. The minimum Gasteiger partial charge on any atom is -0.748 e. The number of piperidine rings is 1. The molecule has 2 aromatic carbocycles. The number of aromatic amines is 1. The van der Waals surface area contributed by atoms with Crippen LogP contribution in [0, 0.1) is 5.92 Å². The fraction of sp³-hybridized carbons (Fsp3) is 0.500. The number of carbonyl (C=O) groups excluding carboxylic acids is 3. The standard InChI is InChI=1S/C33H37N5O5.CH4O3S/c1-32(35-29(39)21-15-23-22-10-6-11-24-28(22)20(17-34-24)16-25(23)36(2)18-21)31(41)38-26(14-19-8-4-3-5-9-19)30(40)37-13-7-12-27(37)33(38,42)43-32;1-5(2,3)4/h3-6,8-11,17,21,23,25-27,34,42H,7,12-16,18H2,1-2H3,(H,35,39);1H3,(H,2,3,4). The molecule has 0 spiro atoms. The van der Waals surface area contributed by atoms with Gasteiger partial charge >= 0.3 is 0 Å². The zero-order chi connectivity index (χ0) is 34.2. The van der Waals surface area contributed by atoms with Crippen molar-refractivity contribution in [3.8, 4) is 0 Å². The Kier molecular flexibility index (Phi) is 7.94. The van der Waals surface area contributed by atoms with Crippen molar-refractivity contribution in [2.75, 3.05) is 26.4 Å². The number of hydrogen-bond acceptors (Lipinski definition) is 8. The van der Waals surface area contributed by atoms with Crippen molar-refractivity contribution in [1.29, 1.82) is 0 Å². The summed E-state index contributed by atoms with van der Waals surface area (Å²) in [5.41, 5.74) is 2.80. The van der Waals surface area contributed by atoms with Gasteiger partial charge in [-0.3, -0.25) is 24.0 Å². The smallest absolute Gasteiger partial charge is 0.280 e. The van der Waals surface area contributed by atoms with Crippen LogP contribution in [0.3, 0.4) is 0 Å². The average Bonchev–Trinajstić information content (AvgIpc) is 3.73. The van der Waals surface area contributed by atoms with E-state index in [4.69, 9.17) is 17.7 Å². The molecule has 0 saturated carbocycles. The summed E-state index contributed by atoms with van der Waals surface area (Å²) in [5, 5.41) is 16.3. The van der Waals surface area contributed by atoms with E-state index >= 15 is 0 Å². The molecule has 8 rings (SSSR count). The number of aliphatic hydroxyl groups is 1. The normalized spacial score (nSPS) is 33.9. The predicted octanol–water partition coefficient (Wildman–Crippen LogP) is -0.175. The van der Waals surface area contributed by atoms with Gasteiger partial charge in [0.2, 0.25) is 17.5 Å². The average molecular weight is 680 g/mol. The molecule has 3 aromatic rings. The highest BCUT2D eigenvalue weighted by Gasteiger charge is 2.70. The number of benzene rings is 2. The highest BCUT2D eigenvalue weighted by atomic mass is 32.2. The summed E-state index contributed by atoms with van der Waals surface area (Å²) in [6, 6.07) is 14.6. The minimum atomic E-state index is -3.92. The van der Waals surface area contributed by atoms with Gasteiger partial charge in [0.1, 0.15) is 12.1 Å². The van der Waals surface area contributed by atoms with Crippen LogP contribution in [-0.4, -0.2) is 107 Å². The van der Waals surface area contributed by atoms with Gasteiger partial charge in [-0.1, -0.05) is 42.5 Å². The van der Waals surface area contributed by atoms with E-state index in [0.717, 1.165) is 17.5 Å². The number of amides is 3. The molecule has 256 valence electrons. The summed E-state index contributed by atoms with van der Waals surface area (Å²) in [6.45, 7) is 2.65. The molecular weight excluding hydrogens is 638 g/mol. The number of carbonyl (C=O) groups is 3. The summed E-state index contributed by atoms with van der Waals surface area (Å²) in [6.07, 6.45) is 5.81. The van der Waals surface area contributed by atoms with Crippen molar-refractivity contribution < 1.29 is 42.1 Å². The van der Waals surface area contributed by atoms with Crippen molar-refractivity contribution in [2.45, 2.75) is 74.7 Å². The minimum absolute atomic E-state index is 0.192. The Balaban J connectivity index is 0.000000681. The van der Waals surface area contributed by atoms with Crippen molar-refractivity contribution >= 4 is 38.7 Å². The molecular formula is C34H41N5O8S. The van der Waals surface area contributed by atoms with E-state index < -0.39 is 39.7 Å². The maximum atomic E-state index is 14.2. The van der Waals surface area contributed by atoms with Gasteiger partial charge < -0.3 is 29.8 Å². The molecule has 4 saturated heterocycles. The van der Waals surface area contributed by atoms with Gasteiger partial charge in [-0.25, -0.2) is 8.42 Å². The number of hydrogen-bond donors (Lipinski definition) is 4. The van der Waals surface area contributed by atoms with E-state index in [0.29, 0.717) is 44.6 Å². The van der Waals surface area contributed by atoms with Crippen LogP contribution in [0.25, 0.3) is 10.9 Å². The summed E-state index contributed by atoms with van der Waals surface area (Å²) in [7, 11) is -1.77. The molecule has 3 amide bonds. The maximum Gasteiger partial charge on any atom is 0.280 e. The number of fused-ring (bicyclic) bond motifs is 5. The summed E-state index contributed by atoms with van der Waals surface area (Å²) < 4.78 is 33.5. The molecule has 14 heteroatoms. The van der Waals surface area contributed by atoms with Crippen LogP contribution in [0.15, 0.2) is 54.7 Å². The number of likely N-dealkylation sites (N-methyl/N-ethyl adjacent to an activating group) is 1. The first kappa shape index (κ1) is 32.7. The first-order chi connectivity index (χ1) is 22.7. The molecule has 13 nitrogen and oxygen atoms in total. The molecule has 4 N–H and O–H groups in total. The van der Waals surface area contributed by atoms with Gasteiger partial charge in [0, 0.05) is 48.7 Å². The summed E-state index contributed by atoms with van der Waals surface area (Å²) in [5.74, 6) is -3.20. The monoisotopic (exact) mass is 679 g/mol. The van der Waals surface area contributed by atoms with E-state index in [2.05, 4.69) is 41.7 Å². The van der Waals surface area contributed by atoms with Crippen LogP contribution in [0.4, 0.5) is 0 Å². The quantitative estimate of drug-likeness (QED) is 0.275. The third kappa shape index (κ3) is 5.49. The lowest BCUT2D eigenvalue weighted by molar-refractivity contribution is -0.915. The molecule has 4 fully saturated rings. The molecule has 5 aliphatic rings. The Morgan fingerprint density at radius 2 is 1.92 bits per heavy atom. The molecule has 0 radical (unpaired) electrons. The van der Waals surface area contributed by atoms with Crippen LogP contribution in [0.2, 0.25) is 0 Å². The Hall–Kier alpha value is -3.82. The highest BCUT2D eigenvalue weighted by molar-refractivity contribution is 7.84. The second kappa shape index (κ2) is 11.7. The van der Waals surface area contributed by atoms with E-state index in [1.807, 2.05) is 30.3 Å². The molecule has 48 heavy (non-hydrogen) atoms. The van der Waals surface area contributed by atoms with Crippen molar-refractivity contribution in [3.05, 3.63) is 71.4 Å². The number of quaternary nitrogens is 1. The Morgan fingerprint density at radius 1 is 1.19 bits per heavy atom. The lowest BCUT2D eigenvalue weighted by Gasteiger charge is -2.48. The van der Waals surface area contributed by atoms with Crippen molar-refractivity contribution in [3.63, 3.8) is 0 Å². The largest absolute Gasteiger partial charge is 0.748 e. The van der Waals surface area contributed by atoms with Crippen molar-refractivity contribution in [2.24, 2.45) is 5.92 Å². The number of nitrogens with one attached hydrogen (secondary N) is 3. The van der Waals surface area contributed by atoms with Crippen LogP contribution in [0.1, 0.15) is 48.8 Å². The third-order valence-electron chi connectivity index (χ3n) is 10.8. The molecule has 0 bridgehead atoms. The molecule has 1 aromatic heterocycles. The van der Waals surface area contributed by atoms with Crippen LogP contribution >= 0.6 is 0 Å². The van der Waals surface area contributed by atoms with Gasteiger partial charge in [-0.15, -0.1) is 0 Å². The topological polar surface area (TPSA) is 177 Å². The molecule has 1 aliphatic carbocycles. The number of aromatic nitrogens is 1. The maximum absolute atomic E-state index is 14.2. The number of likely N-dealkylation sites (tertiary alicyclic amines) is 1. The van der Waals surface area contributed by atoms with Gasteiger partial charge in [0.25, 0.3) is 11.8 Å². The second-order valence-electron chi connectivity index (χ2n) is 14.0. The molecule has 4 aliphatic heterocycles. The first-order valence-electron chi connectivity index (χ1n) is 16.4. The number of rotatable bonds is 4. The highest BCUT2D eigenvalue weighted by Crippen LogP contribution is 2.46. The van der Waals surface area contributed by atoms with Crippen LogP contribution in [0.5, 0.6) is 0 Å². The second-order valence-corrected chi connectivity index (χ2v) is 15.4. The lowest BCUT2D eigenvalue weighted by atomic mass is 9.72. The number of ether oxygens (including phenoxy) is 1. The molecule has 5 heterocycles. The molecule has 8 unspecified atom stereocenters. The Bertz CT molecular complexity index is 1880. The molecule has 8 atom stereocenters.